The second-order valence-electron chi connectivity index (χ2n) is 10.1. The lowest BCUT2D eigenvalue weighted by molar-refractivity contribution is 0.00983. The Labute approximate surface area is 242 Å². The summed E-state index contributed by atoms with van der Waals surface area (Å²) >= 11 is 0. The maximum absolute atomic E-state index is 6.55. The van der Waals surface area contributed by atoms with E-state index in [1.165, 1.54) is 5.56 Å². The van der Waals surface area contributed by atoms with Crippen molar-refractivity contribution in [2.24, 2.45) is 0 Å². The van der Waals surface area contributed by atoms with E-state index in [1.807, 2.05) is 48.5 Å². The van der Waals surface area contributed by atoms with Gasteiger partial charge in [0.1, 0.15) is 28.7 Å². The first-order valence-electron chi connectivity index (χ1n) is 14.1. The largest absolute Gasteiger partial charge is 0.497 e. The Morgan fingerprint density at radius 1 is 0.732 bits per heavy atom. The minimum atomic E-state index is 0.0337. The summed E-state index contributed by atoms with van der Waals surface area (Å²) in [4.78, 5) is 0. The monoisotopic (exact) mass is 557 g/mol. The van der Waals surface area contributed by atoms with Crippen molar-refractivity contribution in [1.82, 2.24) is 5.32 Å². The van der Waals surface area contributed by atoms with Crippen LogP contribution >= 0.6 is 0 Å². The van der Waals surface area contributed by atoms with E-state index >= 15 is 0 Å². The zero-order chi connectivity index (χ0) is 28.4. The van der Waals surface area contributed by atoms with Gasteiger partial charge in [-0.1, -0.05) is 42.5 Å². The molecule has 4 aromatic carbocycles. The maximum atomic E-state index is 6.55. The third-order valence-corrected chi connectivity index (χ3v) is 7.51. The molecule has 1 saturated heterocycles. The van der Waals surface area contributed by atoms with E-state index in [9.17, 15) is 0 Å². The number of piperidine rings is 1. The lowest BCUT2D eigenvalue weighted by Crippen LogP contribution is -2.41. The van der Waals surface area contributed by atoms with Crippen LogP contribution in [0.2, 0.25) is 0 Å². The molecule has 1 aliphatic rings. The van der Waals surface area contributed by atoms with Crippen LogP contribution in [0.1, 0.15) is 29.9 Å². The molecule has 0 aliphatic carbocycles. The summed E-state index contributed by atoms with van der Waals surface area (Å²) < 4.78 is 35.1. The van der Waals surface area contributed by atoms with Crippen LogP contribution in [-0.2, 0) is 11.3 Å². The van der Waals surface area contributed by atoms with Crippen molar-refractivity contribution in [3.8, 4) is 28.7 Å². The van der Waals surface area contributed by atoms with Gasteiger partial charge < -0.3 is 33.7 Å². The first kappa shape index (κ1) is 28.6. The number of hydrogen-bond donors (Lipinski definition) is 1. The predicted molar refractivity (Wildman–Crippen MR) is 161 cm³/mol. The second kappa shape index (κ2) is 14.1. The van der Waals surface area contributed by atoms with Gasteiger partial charge in [-0.15, -0.1) is 0 Å². The summed E-state index contributed by atoms with van der Waals surface area (Å²) in [5, 5.41) is 5.55. The molecule has 2 atom stereocenters. The highest BCUT2D eigenvalue weighted by molar-refractivity contribution is 5.94. The first-order chi connectivity index (χ1) is 20.2. The highest BCUT2D eigenvalue weighted by Crippen LogP contribution is 2.38. The van der Waals surface area contributed by atoms with Gasteiger partial charge in [0.15, 0.2) is 0 Å². The topological polar surface area (TPSA) is 67.4 Å². The molecule has 1 heterocycles. The zero-order valence-electron chi connectivity index (χ0n) is 24.1. The standard InChI is InChI=1S/C34H39NO6/c1-36-27-8-6-9-28(21-27)40-19-7-18-39-26-14-12-24(13-15-26)29-16-17-35-22-33(29)41-23-25-20-32(37-2)30-10-4-5-11-31(30)34(25)38-3/h4-6,8-15,20-21,29,33,35H,7,16-19,22-23H2,1-3H3. The van der Waals surface area contributed by atoms with Crippen LogP contribution in [0, 0.1) is 0 Å². The van der Waals surface area contributed by atoms with Crippen molar-refractivity contribution in [1.29, 1.82) is 0 Å². The van der Waals surface area contributed by atoms with Crippen molar-refractivity contribution in [2.45, 2.75) is 31.5 Å². The predicted octanol–water partition coefficient (Wildman–Crippen LogP) is 6.38. The maximum Gasteiger partial charge on any atom is 0.132 e. The zero-order valence-corrected chi connectivity index (χ0v) is 24.1. The van der Waals surface area contributed by atoms with Crippen molar-refractivity contribution < 1.29 is 28.4 Å². The number of benzene rings is 4. The number of ether oxygens (including phenoxy) is 6. The van der Waals surface area contributed by atoms with Crippen LogP contribution in [0.25, 0.3) is 10.8 Å². The van der Waals surface area contributed by atoms with Crippen LogP contribution in [0.15, 0.2) is 78.9 Å². The molecule has 1 fully saturated rings. The van der Waals surface area contributed by atoms with E-state index < -0.39 is 0 Å². The molecule has 0 spiro atoms. The Bertz CT molecular complexity index is 1410. The molecule has 1 N–H and O–H groups in total. The summed E-state index contributed by atoms with van der Waals surface area (Å²) in [6.45, 7) is 3.35. The van der Waals surface area contributed by atoms with E-state index in [4.69, 9.17) is 28.4 Å². The van der Waals surface area contributed by atoms with Crippen molar-refractivity contribution >= 4 is 10.8 Å². The second-order valence-corrected chi connectivity index (χ2v) is 10.1. The fourth-order valence-corrected chi connectivity index (χ4v) is 5.41. The van der Waals surface area contributed by atoms with Gasteiger partial charge in [-0.05, 0) is 48.9 Å². The van der Waals surface area contributed by atoms with Gasteiger partial charge in [-0.3, -0.25) is 0 Å². The lowest BCUT2D eigenvalue weighted by atomic mass is 9.87. The minimum Gasteiger partial charge on any atom is -0.497 e. The SMILES string of the molecule is COc1cccc(OCCCOc2ccc(C3CCNCC3OCc3cc(OC)c4ccccc4c3OC)cc2)c1. The summed E-state index contributed by atoms with van der Waals surface area (Å²) in [5.74, 6) is 4.38. The van der Waals surface area contributed by atoms with Crippen LogP contribution in [0.3, 0.4) is 0 Å². The van der Waals surface area contributed by atoms with Gasteiger partial charge in [0.2, 0.25) is 0 Å². The number of hydrogen-bond acceptors (Lipinski definition) is 7. The van der Waals surface area contributed by atoms with Gasteiger partial charge in [0, 0.05) is 41.3 Å². The molecule has 7 nitrogen and oxygen atoms in total. The highest BCUT2D eigenvalue weighted by atomic mass is 16.5. The smallest absolute Gasteiger partial charge is 0.132 e. The first-order valence-corrected chi connectivity index (χ1v) is 14.1. The molecule has 216 valence electrons. The van der Waals surface area contributed by atoms with Crippen LogP contribution in [-0.4, -0.2) is 53.7 Å². The van der Waals surface area contributed by atoms with Crippen molar-refractivity contribution in [2.75, 3.05) is 47.6 Å². The molecule has 0 radical (unpaired) electrons. The molecular weight excluding hydrogens is 518 g/mol. The Hall–Kier alpha value is -3.94. The van der Waals surface area contributed by atoms with Crippen LogP contribution in [0.4, 0.5) is 0 Å². The fraction of sp³-hybridized carbons (Fsp3) is 0.353. The molecule has 4 aromatic rings. The number of nitrogens with one attached hydrogen (secondary N) is 1. The molecule has 0 aromatic heterocycles. The minimum absolute atomic E-state index is 0.0337. The Morgan fingerprint density at radius 2 is 1.49 bits per heavy atom. The van der Waals surface area contributed by atoms with E-state index in [0.717, 1.165) is 71.0 Å². The van der Waals surface area contributed by atoms with Gasteiger partial charge in [0.25, 0.3) is 0 Å². The molecular formula is C34H39NO6. The summed E-state index contributed by atoms with van der Waals surface area (Å²) in [6.07, 6.45) is 1.82. The van der Waals surface area contributed by atoms with Gasteiger partial charge >= 0.3 is 0 Å². The normalized spacial score (nSPS) is 16.8. The molecule has 5 rings (SSSR count). The van der Waals surface area contributed by atoms with Crippen molar-refractivity contribution in [3.05, 3.63) is 90.0 Å². The van der Waals surface area contributed by atoms with Gasteiger partial charge in [0.05, 0.1) is 47.3 Å². The van der Waals surface area contributed by atoms with E-state index in [1.54, 1.807) is 21.3 Å². The van der Waals surface area contributed by atoms with Gasteiger partial charge in [-0.25, -0.2) is 0 Å². The Morgan fingerprint density at radius 3 is 2.24 bits per heavy atom. The number of rotatable bonds is 13. The van der Waals surface area contributed by atoms with Crippen LogP contribution < -0.4 is 29.0 Å². The number of methoxy groups -OCH3 is 3. The fourth-order valence-electron chi connectivity index (χ4n) is 5.41. The highest BCUT2D eigenvalue weighted by Gasteiger charge is 2.28. The average molecular weight is 558 g/mol. The summed E-state index contributed by atoms with van der Waals surface area (Å²) in [7, 11) is 5.06. The molecule has 0 saturated carbocycles. The van der Waals surface area contributed by atoms with Crippen LogP contribution in [0.5, 0.6) is 28.7 Å². The van der Waals surface area contributed by atoms with Crippen molar-refractivity contribution in [3.63, 3.8) is 0 Å². The Balaban J connectivity index is 1.17. The number of fused-ring (bicyclic) bond motifs is 1. The van der Waals surface area contributed by atoms with E-state index in [2.05, 4.69) is 35.6 Å². The van der Waals surface area contributed by atoms with Gasteiger partial charge in [-0.2, -0.15) is 0 Å². The molecule has 41 heavy (non-hydrogen) atoms. The molecule has 0 bridgehead atoms. The summed E-state index contributed by atoms with van der Waals surface area (Å²) in [6, 6.07) is 26.2. The molecule has 1 aliphatic heterocycles. The summed E-state index contributed by atoms with van der Waals surface area (Å²) in [5.41, 5.74) is 2.24. The average Bonchev–Trinajstić information content (AvgIpc) is 3.03. The third-order valence-electron chi connectivity index (χ3n) is 7.51. The lowest BCUT2D eigenvalue weighted by Gasteiger charge is -2.33. The van der Waals surface area contributed by atoms with E-state index in [-0.39, 0.29) is 12.0 Å². The quantitative estimate of drug-likeness (QED) is 0.192. The van der Waals surface area contributed by atoms with E-state index in [0.29, 0.717) is 19.8 Å². The Kier molecular flexibility index (Phi) is 9.83. The molecule has 7 heteroatoms. The third kappa shape index (κ3) is 7.04. The molecule has 0 amide bonds. The molecule has 2 unspecified atom stereocenters.